The van der Waals surface area contributed by atoms with Crippen LogP contribution < -0.4 is 0 Å². The summed E-state index contributed by atoms with van der Waals surface area (Å²) in [6, 6.07) is 1.21. The van der Waals surface area contributed by atoms with Gasteiger partial charge in [0.15, 0.2) is 6.10 Å². The van der Waals surface area contributed by atoms with Crippen molar-refractivity contribution < 1.29 is 18.3 Å². The monoisotopic (exact) mass is 194 g/mol. The summed E-state index contributed by atoms with van der Waals surface area (Å²) >= 11 is 0. The van der Waals surface area contributed by atoms with E-state index in [0.717, 1.165) is 0 Å². The molecule has 0 radical (unpaired) electrons. The number of aromatic nitrogens is 2. The molecule has 3 nitrogen and oxygen atoms in total. The first-order valence-corrected chi connectivity index (χ1v) is 3.57. The van der Waals surface area contributed by atoms with Gasteiger partial charge in [-0.15, -0.1) is 0 Å². The van der Waals surface area contributed by atoms with E-state index in [2.05, 4.69) is 5.10 Å². The van der Waals surface area contributed by atoms with Crippen LogP contribution >= 0.6 is 0 Å². The molecule has 0 aliphatic heterocycles. The zero-order valence-electron chi connectivity index (χ0n) is 7.13. The Morgan fingerprint density at radius 1 is 1.54 bits per heavy atom. The van der Waals surface area contributed by atoms with Crippen LogP contribution in [0.3, 0.4) is 0 Å². The maximum absolute atomic E-state index is 12.0. The molecule has 1 rings (SSSR count). The molecule has 1 aromatic heterocycles. The third kappa shape index (κ3) is 2.00. The van der Waals surface area contributed by atoms with E-state index in [9.17, 15) is 13.2 Å². The zero-order valence-corrected chi connectivity index (χ0v) is 7.13. The molecule has 6 heteroatoms. The highest BCUT2D eigenvalue weighted by molar-refractivity contribution is 5.12. The fourth-order valence-corrected chi connectivity index (χ4v) is 0.890. The quantitative estimate of drug-likeness (QED) is 0.732. The molecule has 0 aliphatic rings. The molecule has 0 spiro atoms. The number of hydrogen-bond donors (Lipinski definition) is 1. The van der Waals surface area contributed by atoms with Crippen LogP contribution in [0.5, 0.6) is 0 Å². The first kappa shape index (κ1) is 10.0. The molecular formula is C7H9F3N2O. The van der Waals surface area contributed by atoms with Crippen molar-refractivity contribution in [3.63, 3.8) is 0 Å². The molecule has 0 amide bonds. The summed E-state index contributed by atoms with van der Waals surface area (Å²) in [6.07, 6.45) is -7.15. The van der Waals surface area contributed by atoms with Gasteiger partial charge in [-0.05, 0) is 13.0 Å². The van der Waals surface area contributed by atoms with Gasteiger partial charge in [-0.3, -0.25) is 4.68 Å². The summed E-state index contributed by atoms with van der Waals surface area (Å²) in [5.74, 6) is 0. The van der Waals surface area contributed by atoms with Crippen molar-refractivity contribution in [2.24, 2.45) is 7.05 Å². The highest BCUT2D eigenvalue weighted by Gasteiger charge is 2.41. The van der Waals surface area contributed by atoms with Crippen molar-refractivity contribution in [3.8, 4) is 0 Å². The summed E-state index contributed by atoms with van der Waals surface area (Å²) in [4.78, 5) is 0. The second-order valence-electron chi connectivity index (χ2n) is 2.78. The van der Waals surface area contributed by atoms with Gasteiger partial charge in [-0.25, -0.2) is 0 Å². The van der Waals surface area contributed by atoms with E-state index in [1.807, 2.05) is 0 Å². The molecule has 0 aliphatic carbocycles. The minimum Gasteiger partial charge on any atom is -0.378 e. The average Bonchev–Trinajstić information content (AvgIpc) is 2.29. The van der Waals surface area contributed by atoms with Crippen LogP contribution in [0.4, 0.5) is 13.2 Å². The zero-order chi connectivity index (χ0) is 10.2. The van der Waals surface area contributed by atoms with Gasteiger partial charge in [0.2, 0.25) is 0 Å². The highest BCUT2D eigenvalue weighted by Crippen LogP contribution is 2.31. The van der Waals surface area contributed by atoms with Crippen molar-refractivity contribution in [2.75, 3.05) is 0 Å². The molecule has 0 fully saturated rings. The first-order valence-electron chi connectivity index (χ1n) is 3.57. The Labute approximate surface area is 72.8 Å². The van der Waals surface area contributed by atoms with Crippen LogP contribution in [0.15, 0.2) is 6.07 Å². The summed E-state index contributed by atoms with van der Waals surface area (Å²) in [7, 11) is 1.52. The van der Waals surface area contributed by atoms with E-state index in [4.69, 9.17) is 5.11 Å². The number of rotatable bonds is 1. The third-order valence-electron chi connectivity index (χ3n) is 1.72. The Bertz CT molecular complexity index is 286. The Kier molecular flexibility index (Phi) is 2.34. The number of aryl methyl sites for hydroxylation is 2. The molecule has 1 aromatic rings. The van der Waals surface area contributed by atoms with E-state index in [0.29, 0.717) is 5.69 Å². The molecule has 1 atom stereocenters. The van der Waals surface area contributed by atoms with Crippen molar-refractivity contribution in [2.45, 2.75) is 19.2 Å². The lowest BCUT2D eigenvalue weighted by molar-refractivity contribution is -0.208. The van der Waals surface area contributed by atoms with Gasteiger partial charge in [0.25, 0.3) is 0 Å². The molecule has 0 bridgehead atoms. The molecule has 0 saturated carbocycles. The largest absolute Gasteiger partial charge is 0.420 e. The summed E-state index contributed by atoms with van der Waals surface area (Å²) in [5, 5.41) is 12.3. The van der Waals surface area contributed by atoms with Gasteiger partial charge in [0.1, 0.15) is 5.69 Å². The van der Waals surface area contributed by atoms with Gasteiger partial charge in [0, 0.05) is 12.7 Å². The predicted octanol–water partition coefficient (Wildman–Crippen LogP) is 1.32. The molecule has 74 valence electrons. The molecule has 0 aromatic carbocycles. The normalized spacial score (nSPS) is 14.6. The molecule has 13 heavy (non-hydrogen) atoms. The minimum atomic E-state index is -4.65. The number of nitrogens with zero attached hydrogens (tertiary/aromatic N) is 2. The lowest BCUT2D eigenvalue weighted by Gasteiger charge is -2.11. The number of halogens is 3. The second kappa shape index (κ2) is 3.02. The van der Waals surface area contributed by atoms with E-state index in [1.165, 1.54) is 17.8 Å². The topological polar surface area (TPSA) is 38.1 Å². The third-order valence-corrected chi connectivity index (χ3v) is 1.72. The predicted molar refractivity (Wildman–Crippen MR) is 39.0 cm³/mol. The smallest absolute Gasteiger partial charge is 0.378 e. The maximum Gasteiger partial charge on any atom is 0.420 e. The van der Waals surface area contributed by atoms with Gasteiger partial charge in [-0.2, -0.15) is 18.3 Å². The van der Waals surface area contributed by atoms with E-state index >= 15 is 0 Å². The fourth-order valence-electron chi connectivity index (χ4n) is 0.890. The van der Waals surface area contributed by atoms with Crippen molar-refractivity contribution >= 4 is 0 Å². The fraction of sp³-hybridized carbons (Fsp3) is 0.571. The molecular weight excluding hydrogens is 185 g/mol. The summed E-state index contributed by atoms with van der Waals surface area (Å²) in [6.45, 7) is 1.61. The molecule has 1 N–H and O–H groups in total. The van der Waals surface area contributed by atoms with Crippen molar-refractivity contribution in [3.05, 3.63) is 17.5 Å². The van der Waals surface area contributed by atoms with Crippen molar-refractivity contribution in [1.82, 2.24) is 9.78 Å². The van der Waals surface area contributed by atoms with Crippen LogP contribution in [0, 0.1) is 6.92 Å². The standard InChI is InChI=1S/C7H9F3N2O/c1-4-3-5(11-12(4)2)6(13)7(8,9)10/h3,6,13H,1-2H3/t6-/m1/s1. The Balaban J connectivity index is 2.96. The van der Waals surface area contributed by atoms with E-state index in [-0.39, 0.29) is 5.69 Å². The molecule has 1 heterocycles. The Hall–Kier alpha value is -1.04. The van der Waals surface area contributed by atoms with E-state index < -0.39 is 12.3 Å². The van der Waals surface area contributed by atoms with Crippen molar-refractivity contribution in [1.29, 1.82) is 0 Å². The number of aliphatic hydroxyl groups is 1. The van der Waals surface area contributed by atoms with Gasteiger partial charge in [0.05, 0.1) is 0 Å². The average molecular weight is 194 g/mol. The number of aliphatic hydroxyl groups excluding tert-OH is 1. The maximum atomic E-state index is 12.0. The lowest BCUT2D eigenvalue weighted by Crippen LogP contribution is -2.20. The SMILES string of the molecule is Cc1cc([C@@H](O)C(F)(F)F)nn1C. The van der Waals surface area contributed by atoms with Crippen LogP contribution in [0.1, 0.15) is 17.5 Å². The van der Waals surface area contributed by atoms with Gasteiger partial charge in [-0.1, -0.05) is 0 Å². The minimum absolute atomic E-state index is 0.368. The van der Waals surface area contributed by atoms with Gasteiger partial charge < -0.3 is 5.11 Å². The molecule has 0 unspecified atom stereocenters. The first-order chi connectivity index (χ1) is 5.82. The second-order valence-corrected chi connectivity index (χ2v) is 2.78. The van der Waals surface area contributed by atoms with Crippen LogP contribution in [0.25, 0.3) is 0 Å². The number of alkyl halides is 3. The van der Waals surface area contributed by atoms with Crippen LogP contribution in [-0.2, 0) is 7.05 Å². The summed E-state index contributed by atoms with van der Waals surface area (Å²) < 4.78 is 37.2. The van der Waals surface area contributed by atoms with Crippen LogP contribution in [0.2, 0.25) is 0 Å². The summed E-state index contributed by atoms with van der Waals surface area (Å²) in [5.41, 5.74) is 0.200. The van der Waals surface area contributed by atoms with E-state index in [1.54, 1.807) is 6.92 Å². The van der Waals surface area contributed by atoms with Crippen LogP contribution in [-0.4, -0.2) is 21.1 Å². The highest BCUT2D eigenvalue weighted by atomic mass is 19.4. The number of hydrogen-bond acceptors (Lipinski definition) is 2. The Morgan fingerprint density at radius 3 is 2.38 bits per heavy atom. The lowest BCUT2D eigenvalue weighted by atomic mass is 10.2. The molecule has 0 saturated heterocycles. The van der Waals surface area contributed by atoms with Gasteiger partial charge >= 0.3 is 6.18 Å². The Morgan fingerprint density at radius 2 is 2.08 bits per heavy atom.